The summed E-state index contributed by atoms with van der Waals surface area (Å²) in [6, 6.07) is 7.40. The van der Waals surface area contributed by atoms with E-state index in [2.05, 4.69) is 5.32 Å². The zero-order valence-corrected chi connectivity index (χ0v) is 16.5. The number of nitrogens with one attached hydrogen (secondary N) is 1. The van der Waals surface area contributed by atoms with Gasteiger partial charge in [-0.3, -0.25) is 4.79 Å². The summed E-state index contributed by atoms with van der Waals surface area (Å²) >= 11 is 0. The van der Waals surface area contributed by atoms with Crippen LogP contribution >= 0.6 is 0 Å². The van der Waals surface area contributed by atoms with Gasteiger partial charge in [-0.25, -0.2) is 0 Å². The second kappa shape index (κ2) is 8.21. The number of aryl methyl sites for hydroxylation is 2. The second-order valence-corrected chi connectivity index (χ2v) is 7.03. The number of aromatic nitrogens is 1. The first-order valence-corrected chi connectivity index (χ1v) is 9.02. The fraction of sp³-hybridized carbons (Fsp3) is 0.429. The molecule has 2 aromatic rings. The Labute approximate surface area is 155 Å². The van der Waals surface area contributed by atoms with Crippen LogP contribution in [0.25, 0.3) is 0 Å². The fourth-order valence-corrected chi connectivity index (χ4v) is 2.78. The fourth-order valence-electron chi connectivity index (χ4n) is 2.78. The molecule has 0 aliphatic rings. The van der Waals surface area contributed by atoms with Crippen LogP contribution in [0.2, 0.25) is 0 Å². The van der Waals surface area contributed by atoms with Gasteiger partial charge in [-0.15, -0.1) is 0 Å². The molecule has 140 valence electrons. The minimum Gasteiger partial charge on any atom is -0.618 e. The summed E-state index contributed by atoms with van der Waals surface area (Å²) < 4.78 is 6.70. The molecule has 0 unspecified atom stereocenters. The zero-order valence-electron chi connectivity index (χ0n) is 16.5. The number of hydrogen-bond acceptors (Lipinski definition) is 3. The molecule has 0 aliphatic heterocycles. The number of benzene rings is 1. The SMILES string of the molecule is CCc1c(C(=O)Nc2cccc(C)c2C)c(OCC(C)C)cc(C)[n+]1[O-]. The lowest BCUT2D eigenvalue weighted by Crippen LogP contribution is -2.38. The maximum atomic E-state index is 13.0. The third kappa shape index (κ3) is 4.15. The normalized spacial score (nSPS) is 10.9. The van der Waals surface area contributed by atoms with Gasteiger partial charge in [-0.1, -0.05) is 32.9 Å². The maximum Gasteiger partial charge on any atom is 0.265 e. The average molecular weight is 356 g/mol. The van der Waals surface area contributed by atoms with Gasteiger partial charge in [0.15, 0.2) is 5.69 Å². The highest BCUT2D eigenvalue weighted by Crippen LogP contribution is 2.26. The Kier molecular flexibility index (Phi) is 6.24. The van der Waals surface area contributed by atoms with Gasteiger partial charge in [0.25, 0.3) is 5.91 Å². The van der Waals surface area contributed by atoms with E-state index in [0.29, 0.717) is 41.6 Å². The molecule has 5 nitrogen and oxygen atoms in total. The van der Waals surface area contributed by atoms with Gasteiger partial charge in [0.2, 0.25) is 5.69 Å². The van der Waals surface area contributed by atoms with Crippen LogP contribution in [0.5, 0.6) is 5.75 Å². The van der Waals surface area contributed by atoms with E-state index in [9.17, 15) is 10.0 Å². The van der Waals surface area contributed by atoms with E-state index in [-0.39, 0.29) is 5.91 Å². The molecule has 5 heteroatoms. The van der Waals surface area contributed by atoms with Crippen LogP contribution in [-0.2, 0) is 6.42 Å². The minimum absolute atomic E-state index is 0.314. The number of rotatable bonds is 6. The highest BCUT2D eigenvalue weighted by Gasteiger charge is 2.26. The van der Waals surface area contributed by atoms with Crippen molar-refractivity contribution < 1.29 is 14.3 Å². The molecule has 1 heterocycles. The van der Waals surface area contributed by atoms with Gasteiger partial charge in [0, 0.05) is 25.1 Å². The van der Waals surface area contributed by atoms with Crippen molar-refractivity contribution in [3.05, 3.63) is 57.6 Å². The molecular formula is C21H28N2O3. The number of carbonyl (C=O) groups excluding carboxylic acids is 1. The molecule has 1 N–H and O–H groups in total. The number of ether oxygens (including phenoxy) is 1. The van der Waals surface area contributed by atoms with E-state index in [1.54, 1.807) is 13.0 Å². The molecule has 1 amide bonds. The first-order valence-electron chi connectivity index (χ1n) is 9.02. The van der Waals surface area contributed by atoms with Gasteiger partial charge in [0.05, 0.1) is 6.61 Å². The third-order valence-electron chi connectivity index (χ3n) is 4.43. The molecule has 0 fully saturated rings. The van der Waals surface area contributed by atoms with Crippen LogP contribution in [0, 0.1) is 31.9 Å². The number of carbonyl (C=O) groups is 1. The highest BCUT2D eigenvalue weighted by atomic mass is 16.5. The minimum atomic E-state index is -0.320. The maximum absolute atomic E-state index is 13.0. The van der Waals surface area contributed by atoms with E-state index in [0.717, 1.165) is 21.5 Å². The Morgan fingerprint density at radius 3 is 2.58 bits per heavy atom. The second-order valence-electron chi connectivity index (χ2n) is 7.03. The Bertz CT molecular complexity index is 813. The quantitative estimate of drug-likeness (QED) is 0.626. The molecule has 26 heavy (non-hydrogen) atoms. The molecule has 0 aliphatic carbocycles. The Morgan fingerprint density at radius 2 is 1.96 bits per heavy atom. The van der Waals surface area contributed by atoms with E-state index >= 15 is 0 Å². The lowest BCUT2D eigenvalue weighted by Gasteiger charge is -2.18. The summed E-state index contributed by atoms with van der Waals surface area (Å²) in [5.74, 6) is 0.455. The number of nitrogens with zero attached hydrogens (tertiary/aromatic N) is 1. The molecule has 1 aromatic carbocycles. The van der Waals surface area contributed by atoms with Crippen molar-refractivity contribution in [2.24, 2.45) is 5.92 Å². The highest BCUT2D eigenvalue weighted by molar-refractivity contribution is 6.07. The summed E-state index contributed by atoms with van der Waals surface area (Å²) in [5, 5.41) is 15.4. The van der Waals surface area contributed by atoms with Crippen molar-refractivity contribution in [1.29, 1.82) is 0 Å². The van der Waals surface area contributed by atoms with Gasteiger partial charge in [0.1, 0.15) is 11.3 Å². The summed E-state index contributed by atoms with van der Waals surface area (Å²) in [6.07, 6.45) is 0.443. The summed E-state index contributed by atoms with van der Waals surface area (Å²) in [5.41, 5.74) is 4.10. The van der Waals surface area contributed by atoms with Gasteiger partial charge in [-0.05, 0) is 37.0 Å². The van der Waals surface area contributed by atoms with Crippen molar-refractivity contribution in [3.8, 4) is 5.75 Å². The topological polar surface area (TPSA) is 65.3 Å². The van der Waals surface area contributed by atoms with Crippen LogP contribution in [0.3, 0.4) is 0 Å². The third-order valence-corrected chi connectivity index (χ3v) is 4.43. The Morgan fingerprint density at radius 1 is 1.27 bits per heavy atom. The number of pyridine rings is 1. The van der Waals surface area contributed by atoms with Crippen LogP contribution in [0.1, 0.15) is 53.6 Å². The largest absolute Gasteiger partial charge is 0.618 e. The summed E-state index contributed by atoms with van der Waals surface area (Å²) in [6.45, 7) is 12.1. The Hall–Kier alpha value is -2.56. The summed E-state index contributed by atoms with van der Waals surface area (Å²) in [7, 11) is 0. The lowest BCUT2D eigenvalue weighted by atomic mass is 10.1. The number of anilines is 1. The van der Waals surface area contributed by atoms with E-state index in [1.807, 2.05) is 52.8 Å². The molecule has 0 saturated heterocycles. The smallest absolute Gasteiger partial charge is 0.265 e. The van der Waals surface area contributed by atoms with Crippen molar-refractivity contribution >= 4 is 11.6 Å². The first kappa shape index (κ1) is 19.8. The lowest BCUT2D eigenvalue weighted by molar-refractivity contribution is -0.620. The predicted octanol–water partition coefficient (Wildman–Crippen LogP) is 4.09. The van der Waals surface area contributed by atoms with E-state index in [4.69, 9.17) is 4.74 Å². The number of amides is 1. The van der Waals surface area contributed by atoms with Crippen molar-refractivity contribution in [1.82, 2.24) is 0 Å². The van der Waals surface area contributed by atoms with E-state index in [1.165, 1.54) is 0 Å². The predicted molar refractivity (Wildman–Crippen MR) is 104 cm³/mol. The molecule has 0 atom stereocenters. The monoisotopic (exact) mass is 356 g/mol. The van der Waals surface area contributed by atoms with Gasteiger partial charge < -0.3 is 15.3 Å². The molecule has 0 radical (unpaired) electrons. The van der Waals surface area contributed by atoms with Crippen molar-refractivity contribution in [2.45, 2.75) is 48.0 Å². The van der Waals surface area contributed by atoms with Crippen LogP contribution in [0.4, 0.5) is 5.69 Å². The van der Waals surface area contributed by atoms with Crippen LogP contribution < -0.4 is 14.8 Å². The standard InChI is InChI=1S/C21H28N2O3/c1-7-18-20(19(26-12-13(2)3)11-15(5)23(18)25)21(24)22-17-10-8-9-14(4)16(17)6/h8-11,13H,7,12H2,1-6H3,(H,22,24). The van der Waals surface area contributed by atoms with Crippen molar-refractivity contribution in [2.75, 3.05) is 11.9 Å². The van der Waals surface area contributed by atoms with Gasteiger partial charge >= 0.3 is 0 Å². The van der Waals surface area contributed by atoms with Crippen LogP contribution in [-0.4, -0.2) is 12.5 Å². The number of hydrogen-bond donors (Lipinski definition) is 1. The molecular weight excluding hydrogens is 328 g/mol. The average Bonchev–Trinajstić information content (AvgIpc) is 2.59. The first-order chi connectivity index (χ1) is 12.3. The van der Waals surface area contributed by atoms with Crippen LogP contribution in [0.15, 0.2) is 24.3 Å². The summed E-state index contributed by atoms with van der Waals surface area (Å²) in [4.78, 5) is 13.0. The Balaban J connectivity index is 2.49. The molecule has 0 bridgehead atoms. The van der Waals surface area contributed by atoms with E-state index < -0.39 is 0 Å². The molecule has 0 spiro atoms. The van der Waals surface area contributed by atoms with Crippen molar-refractivity contribution in [3.63, 3.8) is 0 Å². The van der Waals surface area contributed by atoms with Gasteiger partial charge in [-0.2, -0.15) is 4.73 Å². The molecule has 2 rings (SSSR count). The zero-order chi connectivity index (χ0) is 19.4. The molecule has 0 saturated carbocycles. The molecule has 1 aromatic heterocycles.